The van der Waals surface area contributed by atoms with E-state index in [4.69, 9.17) is 0 Å². The van der Waals surface area contributed by atoms with Crippen molar-refractivity contribution < 1.29 is 9.90 Å². The lowest BCUT2D eigenvalue weighted by molar-refractivity contribution is 0.0767. The van der Waals surface area contributed by atoms with E-state index in [0.717, 1.165) is 38.7 Å². The summed E-state index contributed by atoms with van der Waals surface area (Å²) in [5.74, 6) is -0.374. The molecule has 0 aliphatic heterocycles. The number of ketones is 1. The van der Waals surface area contributed by atoms with E-state index in [1.807, 2.05) is 31.2 Å². The molecule has 0 bridgehead atoms. The molecule has 4 rings (SSSR count). The van der Waals surface area contributed by atoms with Gasteiger partial charge in [-0.1, -0.05) is 61.9 Å². The van der Waals surface area contributed by atoms with Gasteiger partial charge in [0, 0.05) is 10.9 Å². The molecule has 1 aliphatic rings. The summed E-state index contributed by atoms with van der Waals surface area (Å²) in [6.45, 7) is 2.03. The summed E-state index contributed by atoms with van der Waals surface area (Å²) in [4.78, 5) is 12.8. The van der Waals surface area contributed by atoms with Gasteiger partial charge in [-0.2, -0.15) is 0 Å². The molecule has 0 amide bonds. The second-order valence-corrected chi connectivity index (χ2v) is 6.13. The van der Waals surface area contributed by atoms with Crippen LogP contribution in [0.5, 0.6) is 0 Å². The molecule has 1 N–H and O–H groups in total. The number of carbonyl (C=O) groups excluding carboxylic acids is 1. The second kappa shape index (κ2) is 4.92. The van der Waals surface area contributed by atoms with Gasteiger partial charge in [-0.3, -0.25) is 4.79 Å². The first-order chi connectivity index (χ1) is 10.7. The van der Waals surface area contributed by atoms with E-state index in [1.54, 1.807) is 0 Å². The van der Waals surface area contributed by atoms with Crippen LogP contribution in [0.4, 0.5) is 0 Å². The van der Waals surface area contributed by atoms with Crippen LogP contribution in [0.2, 0.25) is 0 Å². The molecule has 0 saturated carbocycles. The molecule has 0 fully saturated rings. The van der Waals surface area contributed by atoms with Crippen LogP contribution >= 0.6 is 0 Å². The maximum absolute atomic E-state index is 12.8. The fourth-order valence-corrected chi connectivity index (χ4v) is 3.66. The summed E-state index contributed by atoms with van der Waals surface area (Å²) < 4.78 is 0. The maximum Gasteiger partial charge on any atom is 0.172 e. The smallest absolute Gasteiger partial charge is 0.172 e. The third-order valence-corrected chi connectivity index (χ3v) is 4.74. The third kappa shape index (κ3) is 1.80. The number of carbonyl (C=O) groups is 1. The Balaban J connectivity index is 2.06. The Bertz CT molecular complexity index is 923. The number of benzene rings is 3. The number of rotatable bonds is 3. The van der Waals surface area contributed by atoms with Gasteiger partial charge in [0.25, 0.3) is 0 Å². The SMILES string of the molecule is CCCC(O)C1C=c2ccc3cccc4ccc(c2c43)C1=O. The van der Waals surface area contributed by atoms with Crippen LogP contribution in [0.15, 0.2) is 42.5 Å². The monoisotopic (exact) mass is 290 g/mol. The quantitative estimate of drug-likeness (QED) is 0.802. The van der Waals surface area contributed by atoms with Crippen molar-refractivity contribution in [2.75, 3.05) is 0 Å². The predicted molar refractivity (Wildman–Crippen MR) is 89.9 cm³/mol. The molecule has 22 heavy (non-hydrogen) atoms. The lowest BCUT2D eigenvalue weighted by Crippen LogP contribution is -2.32. The van der Waals surface area contributed by atoms with Crippen molar-refractivity contribution in [1.29, 1.82) is 0 Å². The van der Waals surface area contributed by atoms with Crippen molar-refractivity contribution in [3.8, 4) is 0 Å². The highest BCUT2D eigenvalue weighted by molar-refractivity contribution is 6.21. The lowest BCUT2D eigenvalue weighted by atomic mass is 9.81. The summed E-state index contributed by atoms with van der Waals surface area (Å²) in [6.07, 6.45) is 2.88. The first kappa shape index (κ1) is 13.5. The summed E-state index contributed by atoms with van der Waals surface area (Å²) in [7, 11) is 0. The highest BCUT2D eigenvalue weighted by atomic mass is 16.3. The lowest BCUT2D eigenvalue weighted by Gasteiger charge is -2.23. The van der Waals surface area contributed by atoms with E-state index in [1.165, 1.54) is 0 Å². The number of aliphatic hydroxyl groups is 1. The molecule has 3 aromatic carbocycles. The number of Topliss-reactive ketones (excluding diaryl/α,β-unsaturated/α-hetero) is 1. The zero-order valence-electron chi connectivity index (χ0n) is 12.5. The summed E-state index contributed by atoms with van der Waals surface area (Å²) in [5, 5.41) is 15.9. The molecule has 0 heterocycles. The van der Waals surface area contributed by atoms with E-state index >= 15 is 0 Å². The van der Waals surface area contributed by atoms with Gasteiger partial charge < -0.3 is 5.11 Å². The van der Waals surface area contributed by atoms with Crippen LogP contribution < -0.4 is 5.22 Å². The van der Waals surface area contributed by atoms with E-state index in [2.05, 4.69) is 24.3 Å². The molecule has 0 spiro atoms. The minimum atomic E-state index is -0.598. The minimum Gasteiger partial charge on any atom is -0.392 e. The molecular weight excluding hydrogens is 272 g/mol. The van der Waals surface area contributed by atoms with Gasteiger partial charge in [0.15, 0.2) is 5.78 Å². The Morgan fingerprint density at radius 2 is 1.77 bits per heavy atom. The van der Waals surface area contributed by atoms with Gasteiger partial charge in [0.05, 0.1) is 12.0 Å². The molecule has 0 radical (unpaired) electrons. The Labute approximate surface area is 129 Å². The van der Waals surface area contributed by atoms with Crippen molar-refractivity contribution in [2.45, 2.75) is 25.9 Å². The van der Waals surface area contributed by atoms with Crippen LogP contribution in [-0.2, 0) is 0 Å². The minimum absolute atomic E-state index is 0.0479. The molecule has 2 atom stereocenters. The first-order valence-corrected chi connectivity index (χ1v) is 7.89. The van der Waals surface area contributed by atoms with Gasteiger partial charge in [0.2, 0.25) is 0 Å². The molecule has 1 aliphatic carbocycles. The fourth-order valence-electron chi connectivity index (χ4n) is 3.66. The van der Waals surface area contributed by atoms with E-state index < -0.39 is 12.0 Å². The zero-order chi connectivity index (χ0) is 15.3. The van der Waals surface area contributed by atoms with Crippen LogP contribution in [0.3, 0.4) is 0 Å². The summed E-state index contributed by atoms with van der Waals surface area (Å²) >= 11 is 0. The zero-order valence-corrected chi connectivity index (χ0v) is 12.5. The average Bonchev–Trinajstić information content (AvgIpc) is 2.54. The number of hydrogen-bond acceptors (Lipinski definition) is 2. The number of aliphatic hydroxyl groups excluding tert-OH is 1. The summed E-state index contributed by atoms with van der Waals surface area (Å²) in [5.41, 5.74) is 0.752. The van der Waals surface area contributed by atoms with Crippen molar-refractivity contribution in [1.82, 2.24) is 0 Å². The molecule has 2 heteroatoms. The van der Waals surface area contributed by atoms with Crippen LogP contribution in [0.1, 0.15) is 30.1 Å². The second-order valence-electron chi connectivity index (χ2n) is 6.13. The molecule has 2 nitrogen and oxygen atoms in total. The first-order valence-electron chi connectivity index (χ1n) is 7.89. The maximum atomic E-state index is 12.8. The Hall–Kier alpha value is -2.19. The molecule has 3 aromatic rings. The third-order valence-electron chi connectivity index (χ3n) is 4.74. The van der Waals surface area contributed by atoms with Gasteiger partial charge in [0.1, 0.15) is 0 Å². The highest BCUT2D eigenvalue weighted by Crippen LogP contribution is 2.31. The summed E-state index contributed by atoms with van der Waals surface area (Å²) in [6, 6.07) is 14.3. The van der Waals surface area contributed by atoms with Crippen LogP contribution in [0, 0.1) is 5.92 Å². The predicted octanol–water partition coefficient (Wildman–Crippen LogP) is 3.47. The van der Waals surface area contributed by atoms with Crippen LogP contribution in [-0.4, -0.2) is 17.0 Å². The topological polar surface area (TPSA) is 37.3 Å². The highest BCUT2D eigenvalue weighted by Gasteiger charge is 2.29. The molecule has 0 aromatic heterocycles. The van der Waals surface area contributed by atoms with E-state index in [9.17, 15) is 9.90 Å². The van der Waals surface area contributed by atoms with Crippen molar-refractivity contribution in [2.24, 2.45) is 5.92 Å². The Morgan fingerprint density at radius 1 is 1.05 bits per heavy atom. The van der Waals surface area contributed by atoms with Gasteiger partial charge in [-0.05, 0) is 27.8 Å². The van der Waals surface area contributed by atoms with Gasteiger partial charge >= 0.3 is 0 Å². The fraction of sp³-hybridized carbons (Fsp3) is 0.250. The molecule has 110 valence electrons. The largest absolute Gasteiger partial charge is 0.392 e. The molecule has 2 unspecified atom stereocenters. The molecular formula is C20H18O2. The number of hydrogen-bond donors (Lipinski definition) is 1. The van der Waals surface area contributed by atoms with Gasteiger partial charge in [-0.25, -0.2) is 0 Å². The van der Waals surface area contributed by atoms with E-state index in [0.29, 0.717) is 6.42 Å². The van der Waals surface area contributed by atoms with Crippen molar-refractivity contribution >= 4 is 33.4 Å². The standard InChI is InChI=1S/C20H18O2/c1-2-4-17(21)16-11-14-8-7-12-5-3-6-13-9-10-15(20(16)22)19(14)18(12)13/h3,5-11,16-17,21H,2,4H2,1H3. The van der Waals surface area contributed by atoms with Crippen molar-refractivity contribution in [3.63, 3.8) is 0 Å². The Kier molecular flexibility index (Phi) is 3.02. The molecule has 0 saturated heterocycles. The normalized spacial score (nSPS) is 18.6. The van der Waals surface area contributed by atoms with Crippen LogP contribution in [0.25, 0.3) is 27.6 Å². The average molecular weight is 290 g/mol. The van der Waals surface area contributed by atoms with Crippen molar-refractivity contribution in [3.05, 3.63) is 53.2 Å². The van der Waals surface area contributed by atoms with Gasteiger partial charge in [-0.15, -0.1) is 0 Å². The van der Waals surface area contributed by atoms with E-state index in [-0.39, 0.29) is 5.78 Å². The Morgan fingerprint density at radius 3 is 2.50 bits per heavy atom.